The van der Waals surface area contributed by atoms with E-state index in [0.29, 0.717) is 12.8 Å². The highest BCUT2D eigenvalue weighted by Crippen LogP contribution is 2.37. The van der Waals surface area contributed by atoms with Crippen LogP contribution >= 0.6 is 0 Å². The molecule has 29 heteroatoms. The van der Waals surface area contributed by atoms with Crippen molar-refractivity contribution in [1.82, 2.24) is 16.0 Å². The van der Waals surface area contributed by atoms with Gasteiger partial charge in [-0.1, -0.05) is 11.5 Å². The zero-order valence-electron chi connectivity index (χ0n) is 72.7. The topological polar surface area (TPSA) is 399 Å². The Morgan fingerprint density at radius 1 is 0.234 bits per heavy atom. The number of unbranched alkanes of at least 4 members (excludes halogenated alkanes) is 2. The van der Waals surface area contributed by atoms with Gasteiger partial charge in [-0.25, -0.2) is 0 Å². The number of hydrogen-bond donors (Lipinski definition) is 3. The van der Waals surface area contributed by atoms with Crippen LogP contribution in [-0.4, -0.2) is 157 Å². The lowest BCUT2D eigenvalue weighted by atomic mass is 9.80. The van der Waals surface area contributed by atoms with Crippen molar-refractivity contribution in [3.8, 4) is 0 Å². The third-order valence-corrected chi connectivity index (χ3v) is 16.2. The van der Waals surface area contributed by atoms with Gasteiger partial charge in [0.05, 0.1) is 0 Å². The van der Waals surface area contributed by atoms with Gasteiger partial charge in [-0.2, -0.15) is 0 Å². The van der Waals surface area contributed by atoms with E-state index in [9.17, 15) is 47.9 Å². The van der Waals surface area contributed by atoms with E-state index in [1.54, 1.807) is 187 Å². The molecule has 0 unspecified atom stereocenters. The first-order valence-corrected chi connectivity index (χ1v) is 39.3. The number of hydrogen-bond acceptors (Lipinski definition) is 24. The Bertz CT molecular complexity index is 2600. The maximum absolute atomic E-state index is 15.4. The fourth-order valence-electron chi connectivity index (χ4n) is 11.9. The third kappa shape index (κ3) is 54.7. The lowest BCUT2D eigenvalue weighted by Gasteiger charge is -2.39. The molecule has 3 amide bonds. The van der Waals surface area contributed by atoms with Crippen molar-refractivity contribution >= 4 is 77.4 Å². The van der Waals surface area contributed by atoms with E-state index >= 15 is 14.4 Å². The second kappa shape index (κ2) is 44.8. The Balaban J connectivity index is 9.30. The lowest BCUT2D eigenvalue weighted by molar-refractivity contribution is -0.173. The lowest BCUT2D eigenvalue weighted by Crippen LogP contribution is -2.53. The van der Waals surface area contributed by atoms with Crippen molar-refractivity contribution < 1.29 is 110 Å². The molecule has 0 aliphatic heterocycles. The van der Waals surface area contributed by atoms with Crippen molar-refractivity contribution in [2.45, 2.75) is 439 Å². The van der Waals surface area contributed by atoms with Gasteiger partial charge in [-0.15, -0.1) is 0 Å². The van der Waals surface area contributed by atoms with Crippen molar-refractivity contribution in [2.75, 3.05) is 6.54 Å². The maximum atomic E-state index is 15.4. The molecule has 111 heavy (non-hydrogen) atoms. The first kappa shape index (κ1) is 103. The number of amides is 3. The van der Waals surface area contributed by atoms with E-state index in [0.717, 1.165) is 0 Å². The Kier molecular flexibility index (Phi) is 41.7. The molecule has 29 nitrogen and oxygen atoms in total. The summed E-state index contributed by atoms with van der Waals surface area (Å²) in [6.45, 7) is 45.3. The molecule has 0 aromatic rings. The molecule has 0 saturated heterocycles. The SMILES string of the molecule is CC(C)(C)OC(=O)CCC(CCC(=O)OC(C)(C)C)(CCC(=O)OC(C)(C)C)NC(=O)CCC(CCC(=O)NC(CCC(=O)OC(C)(C)C)(CCC(=O)OC(C)(C)C)CCC(=O)OC(C)(C)C)(CCC(=O)OC(CCC(=O)OC(C)(C)C)(CCC(=O)OC(C)(C)C)CCC(=O)OC(C)(C)C)NC(=O)CCCCCN=[N+]=[N-]. The van der Waals surface area contributed by atoms with Crippen LogP contribution in [0.5, 0.6) is 0 Å². The molecule has 0 aliphatic rings. The van der Waals surface area contributed by atoms with Crippen LogP contribution in [0.25, 0.3) is 10.4 Å². The molecule has 638 valence electrons. The van der Waals surface area contributed by atoms with Gasteiger partial charge in [-0.05, 0) is 282 Å². The normalized spacial score (nSPS) is 12.9. The van der Waals surface area contributed by atoms with Crippen LogP contribution in [0, 0.1) is 0 Å². The summed E-state index contributed by atoms with van der Waals surface area (Å²) in [6.07, 6.45) is -6.92. The molecule has 0 radical (unpaired) electrons. The summed E-state index contributed by atoms with van der Waals surface area (Å²) in [5.74, 6) is -9.12. The highest BCUT2D eigenvalue weighted by Gasteiger charge is 2.43. The van der Waals surface area contributed by atoms with E-state index in [-0.39, 0.29) is 148 Å². The summed E-state index contributed by atoms with van der Waals surface area (Å²) in [6, 6.07) is 0. The number of carbonyl (C=O) groups is 13. The molecule has 0 bridgehead atoms. The highest BCUT2D eigenvalue weighted by atomic mass is 16.6. The van der Waals surface area contributed by atoms with Gasteiger partial charge in [0.2, 0.25) is 17.7 Å². The molecule has 0 rings (SSSR count). The molecule has 0 aromatic carbocycles. The third-order valence-electron chi connectivity index (χ3n) is 16.2. The second-order valence-electron chi connectivity index (χ2n) is 38.2. The van der Waals surface area contributed by atoms with Crippen LogP contribution in [0.4, 0.5) is 0 Å². The minimum absolute atomic E-state index is 0.132. The van der Waals surface area contributed by atoms with Crippen molar-refractivity contribution in [1.29, 1.82) is 0 Å². The maximum Gasteiger partial charge on any atom is 0.306 e. The second-order valence-corrected chi connectivity index (χ2v) is 38.2. The summed E-state index contributed by atoms with van der Waals surface area (Å²) in [4.78, 5) is 187. The van der Waals surface area contributed by atoms with E-state index in [2.05, 4.69) is 26.0 Å². The fraction of sp³-hybridized carbons (Fsp3) is 0.841. The van der Waals surface area contributed by atoms with Crippen LogP contribution < -0.4 is 16.0 Å². The molecule has 3 N–H and O–H groups in total. The molecule has 0 saturated carbocycles. The van der Waals surface area contributed by atoms with E-state index in [1.165, 1.54) is 0 Å². The van der Waals surface area contributed by atoms with Crippen LogP contribution in [-0.2, 0) is 110 Å². The smallest absolute Gasteiger partial charge is 0.306 e. The predicted molar refractivity (Wildman–Crippen MR) is 417 cm³/mol. The fourth-order valence-corrected chi connectivity index (χ4v) is 11.9. The minimum atomic E-state index is -1.81. The largest absolute Gasteiger partial charge is 0.460 e. The van der Waals surface area contributed by atoms with Gasteiger partial charge >= 0.3 is 59.7 Å². The van der Waals surface area contributed by atoms with Crippen molar-refractivity contribution in [3.63, 3.8) is 0 Å². The van der Waals surface area contributed by atoms with Gasteiger partial charge in [0.1, 0.15) is 56.0 Å². The Morgan fingerprint density at radius 2 is 0.405 bits per heavy atom. The summed E-state index contributed by atoms with van der Waals surface area (Å²) in [7, 11) is 0. The van der Waals surface area contributed by atoms with E-state index < -0.39 is 176 Å². The average molecular weight is 1580 g/mol. The molecule has 0 aliphatic carbocycles. The molecule has 0 fully saturated rings. The van der Waals surface area contributed by atoms with Gasteiger partial charge in [0.25, 0.3) is 0 Å². The Hall–Kier alpha value is -7.58. The van der Waals surface area contributed by atoms with Crippen LogP contribution in [0.3, 0.4) is 0 Å². The number of nitrogens with zero attached hydrogens (tertiary/aromatic N) is 3. The van der Waals surface area contributed by atoms with Crippen molar-refractivity contribution in [3.05, 3.63) is 10.4 Å². The number of rotatable bonds is 46. The van der Waals surface area contributed by atoms with E-state index in [1.807, 2.05) is 0 Å². The van der Waals surface area contributed by atoms with Crippen LogP contribution in [0.2, 0.25) is 0 Å². The molecule has 0 heterocycles. The summed E-state index contributed by atoms with van der Waals surface area (Å²) in [5.41, 5.74) is -6.25. The number of esters is 10. The monoisotopic (exact) mass is 1580 g/mol. The standard InChI is InChI=1S/C82H142N6O23/c1-70(2,3)102-60(92)34-46-80(47-35-61(93)103-71(4,5)6,48-36-62(94)104-72(7,8)9)86-58(90)32-44-79(85-57(89)31-29-28-30-56-84-88-83,45-33-59(91)87-81(49-37-63(95)105-73(10,11)12,50-38-64(96)106-74(13,14)15)51-39-65(97)107-75(16,17)18)52-40-69(101)111-82(53-41-66(98)108-76(19,20)21,54-42-67(99)109-77(22,23)24)55-43-68(100)110-78(25,26)27/h28-56H2,1-27H3,(H,85,89)(H,86,90)(H,87,91). The Morgan fingerprint density at radius 3 is 0.595 bits per heavy atom. The van der Waals surface area contributed by atoms with Crippen molar-refractivity contribution in [2.24, 2.45) is 5.11 Å². The molecule has 0 spiro atoms. The zero-order chi connectivity index (χ0) is 86.1. The Labute approximate surface area is 661 Å². The molecule has 0 atom stereocenters. The summed E-state index contributed by atoms with van der Waals surface area (Å²) in [5, 5.41) is 12.9. The van der Waals surface area contributed by atoms with E-state index in [4.69, 9.17) is 52.9 Å². The first-order valence-electron chi connectivity index (χ1n) is 39.3. The first-order chi connectivity index (χ1) is 50.2. The van der Waals surface area contributed by atoms with Gasteiger partial charge in [0, 0.05) is 112 Å². The predicted octanol–water partition coefficient (Wildman–Crippen LogP) is 15.1. The number of azide groups is 1. The number of nitrogens with one attached hydrogen (secondary N) is 3. The van der Waals surface area contributed by atoms with Crippen LogP contribution in [0.15, 0.2) is 5.11 Å². The van der Waals surface area contributed by atoms with Gasteiger partial charge in [0.15, 0.2) is 0 Å². The summed E-state index contributed by atoms with van der Waals surface area (Å²) < 4.78 is 57.9. The minimum Gasteiger partial charge on any atom is -0.460 e. The quantitative estimate of drug-likeness (QED) is 0.0127. The average Bonchev–Trinajstić information content (AvgIpc) is 0.830. The number of ether oxygens (including phenoxy) is 10. The van der Waals surface area contributed by atoms with Crippen LogP contribution in [0.1, 0.15) is 367 Å². The zero-order valence-corrected chi connectivity index (χ0v) is 72.7. The molecular formula is C82H142N6O23. The molecular weight excluding hydrogens is 1440 g/mol. The number of carbonyl (C=O) groups excluding carboxylic acids is 13. The van der Waals surface area contributed by atoms with Gasteiger partial charge in [-0.3, -0.25) is 62.3 Å². The highest BCUT2D eigenvalue weighted by molar-refractivity contribution is 5.82. The van der Waals surface area contributed by atoms with Gasteiger partial charge < -0.3 is 63.3 Å². The molecule has 0 aromatic heterocycles. The summed E-state index contributed by atoms with van der Waals surface area (Å²) >= 11 is 0.